The van der Waals surface area contributed by atoms with Crippen molar-refractivity contribution in [1.82, 2.24) is 10.6 Å². The number of hydrogen-bond acceptors (Lipinski definition) is 4. The predicted molar refractivity (Wildman–Crippen MR) is 143 cm³/mol. The number of aliphatic imine (C=N–C) groups is 1. The number of ether oxygens (including phenoxy) is 3. The first-order valence-electron chi connectivity index (χ1n) is 11.6. The number of guanidine groups is 1. The highest BCUT2D eigenvalue weighted by molar-refractivity contribution is 14.0. The Labute approximate surface area is 214 Å². The monoisotopic (exact) mass is 565 g/mol. The number of nitrogens with one attached hydrogen (secondary N) is 2. The molecule has 0 spiro atoms. The smallest absolute Gasteiger partial charge is 0.191 e. The number of rotatable bonds is 6. The van der Waals surface area contributed by atoms with E-state index in [-0.39, 0.29) is 36.2 Å². The normalized spacial score (nSPS) is 22.1. The zero-order chi connectivity index (χ0) is 22.5. The molecule has 0 amide bonds. The molecule has 2 N–H and O–H groups in total. The minimum atomic E-state index is 0. The molecule has 2 aliphatic heterocycles. The molecule has 2 heterocycles. The van der Waals surface area contributed by atoms with Gasteiger partial charge in [-0.2, -0.15) is 0 Å². The van der Waals surface area contributed by atoms with Crippen LogP contribution < -0.4 is 20.1 Å². The third-order valence-electron chi connectivity index (χ3n) is 6.35. The van der Waals surface area contributed by atoms with Gasteiger partial charge in [0.05, 0.1) is 13.2 Å². The molecule has 0 aromatic heterocycles. The van der Waals surface area contributed by atoms with Crippen molar-refractivity contribution in [3.8, 4) is 11.5 Å². The highest BCUT2D eigenvalue weighted by Gasteiger charge is 2.27. The first-order chi connectivity index (χ1) is 15.6. The summed E-state index contributed by atoms with van der Waals surface area (Å²) in [4.78, 5) is 4.42. The molecule has 0 bridgehead atoms. The maximum atomic E-state index is 6.16. The van der Waals surface area contributed by atoms with Crippen LogP contribution in [0.15, 0.2) is 41.4 Å². The fourth-order valence-corrected chi connectivity index (χ4v) is 4.61. The molecule has 0 radical (unpaired) electrons. The van der Waals surface area contributed by atoms with E-state index < -0.39 is 0 Å². The minimum absolute atomic E-state index is 0. The summed E-state index contributed by atoms with van der Waals surface area (Å²) in [5.41, 5.74) is 4.79. The van der Waals surface area contributed by atoms with Crippen LogP contribution in [0.25, 0.3) is 0 Å². The Balaban J connectivity index is 0.00000306. The van der Waals surface area contributed by atoms with Crippen molar-refractivity contribution in [2.24, 2.45) is 10.9 Å². The molecule has 180 valence electrons. The average molecular weight is 565 g/mol. The van der Waals surface area contributed by atoms with Crippen LogP contribution in [0.3, 0.4) is 0 Å². The molecule has 3 atom stereocenters. The van der Waals surface area contributed by atoms with Gasteiger partial charge >= 0.3 is 0 Å². The van der Waals surface area contributed by atoms with Crippen molar-refractivity contribution in [1.29, 1.82) is 0 Å². The molecule has 4 rings (SSSR count). The van der Waals surface area contributed by atoms with E-state index in [0.717, 1.165) is 55.4 Å². The van der Waals surface area contributed by atoms with Crippen LogP contribution in [0.5, 0.6) is 11.5 Å². The van der Waals surface area contributed by atoms with Gasteiger partial charge < -0.3 is 24.8 Å². The highest BCUT2D eigenvalue weighted by atomic mass is 127. The Bertz CT molecular complexity index is 949. The molecule has 1 saturated heterocycles. The summed E-state index contributed by atoms with van der Waals surface area (Å²) in [7, 11) is 3.51. The first-order valence-corrected chi connectivity index (χ1v) is 11.6. The Kier molecular flexibility index (Phi) is 9.26. The van der Waals surface area contributed by atoms with Gasteiger partial charge in [-0.1, -0.05) is 29.8 Å². The van der Waals surface area contributed by atoms with E-state index in [1.54, 1.807) is 14.2 Å². The lowest BCUT2D eigenvalue weighted by molar-refractivity contribution is -0.0265. The standard InChI is InChI=1S/C26H35N3O3.HI/c1-17-7-9-19(10-8-17)25-20(6-5-11-31-25)15-28-26(27-3)29-16-22-14-24-21(12-18(2)32-24)13-23(22)30-4;/h7-10,13-14,18,20,25H,5-6,11-12,15-16H2,1-4H3,(H2,27,28,29);1H. The third kappa shape index (κ3) is 6.32. The van der Waals surface area contributed by atoms with E-state index >= 15 is 0 Å². The first kappa shape index (κ1) is 25.6. The fraction of sp³-hybridized carbons (Fsp3) is 0.500. The molecule has 0 aliphatic carbocycles. The van der Waals surface area contributed by atoms with Crippen LogP contribution in [0, 0.1) is 12.8 Å². The van der Waals surface area contributed by atoms with E-state index in [4.69, 9.17) is 14.2 Å². The van der Waals surface area contributed by atoms with E-state index in [1.165, 1.54) is 16.7 Å². The highest BCUT2D eigenvalue weighted by Crippen LogP contribution is 2.35. The van der Waals surface area contributed by atoms with Crippen LogP contribution in [0.4, 0.5) is 0 Å². The lowest BCUT2D eigenvalue weighted by atomic mass is 9.89. The van der Waals surface area contributed by atoms with Gasteiger partial charge in [-0.25, -0.2) is 0 Å². The number of hydrogen-bond donors (Lipinski definition) is 2. The second-order valence-electron chi connectivity index (χ2n) is 8.82. The number of nitrogens with zero attached hydrogens (tertiary/aromatic N) is 1. The van der Waals surface area contributed by atoms with E-state index in [0.29, 0.717) is 12.5 Å². The third-order valence-corrected chi connectivity index (χ3v) is 6.35. The quantitative estimate of drug-likeness (QED) is 0.300. The van der Waals surface area contributed by atoms with Crippen molar-refractivity contribution in [3.63, 3.8) is 0 Å². The molecule has 0 saturated carbocycles. The Morgan fingerprint density at radius 1 is 1.18 bits per heavy atom. The lowest BCUT2D eigenvalue weighted by Gasteiger charge is -2.32. The maximum absolute atomic E-state index is 6.16. The van der Waals surface area contributed by atoms with Gasteiger partial charge in [-0.05, 0) is 44.4 Å². The molecule has 6 nitrogen and oxygen atoms in total. The average Bonchev–Trinajstić information content (AvgIpc) is 3.18. The van der Waals surface area contributed by atoms with Crippen molar-refractivity contribution in [3.05, 3.63) is 58.7 Å². The van der Waals surface area contributed by atoms with Crippen molar-refractivity contribution in [2.45, 2.75) is 51.9 Å². The van der Waals surface area contributed by atoms with Crippen LogP contribution in [-0.4, -0.2) is 39.4 Å². The summed E-state index contributed by atoms with van der Waals surface area (Å²) in [6.45, 7) is 6.44. The van der Waals surface area contributed by atoms with Gasteiger partial charge in [-0.3, -0.25) is 4.99 Å². The summed E-state index contributed by atoms with van der Waals surface area (Å²) in [6.07, 6.45) is 3.48. The topological polar surface area (TPSA) is 64.1 Å². The van der Waals surface area contributed by atoms with Crippen molar-refractivity contribution in [2.75, 3.05) is 27.3 Å². The van der Waals surface area contributed by atoms with Gasteiger partial charge in [0.15, 0.2) is 5.96 Å². The van der Waals surface area contributed by atoms with Crippen molar-refractivity contribution < 1.29 is 14.2 Å². The summed E-state index contributed by atoms with van der Waals surface area (Å²) in [5, 5.41) is 6.93. The Morgan fingerprint density at radius 2 is 1.97 bits per heavy atom. The molecule has 2 aromatic carbocycles. The number of benzene rings is 2. The van der Waals surface area contributed by atoms with E-state index in [9.17, 15) is 0 Å². The fourth-order valence-electron chi connectivity index (χ4n) is 4.61. The number of methoxy groups -OCH3 is 1. The second kappa shape index (κ2) is 11.9. The van der Waals surface area contributed by atoms with Gasteiger partial charge in [-0.15, -0.1) is 24.0 Å². The molecule has 3 unspecified atom stereocenters. The Hall–Kier alpha value is -2.00. The largest absolute Gasteiger partial charge is 0.496 e. The van der Waals surface area contributed by atoms with Crippen LogP contribution in [0.2, 0.25) is 0 Å². The zero-order valence-corrected chi connectivity index (χ0v) is 22.3. The summed E-state index contributed by atoms with van der Waals surface area (Å²) in [6, 6.07) is 12.9. The molecule has 2 aliphatic rings. The van der Waals surface area contributed by atoms with Gasteiger partial charge in [0.25, 0.3) is 0 Å². The van der Waals surface area contributed by atoms with Gasteiger partial charge in [0.1, 0.15) is 17.6 Å². The van der Waals surface area contributed by atoms with Gasteiger partial charge in [0, 0.05) is 50.2 Å². The molecular formula is C26H36IN3O3. The number of aryl methyl sites for hydroxylation is 1. The van der Waals surface area contributed by atoms with E-state index in [1.807, 2.05) is 0 Å². The SMILES string of the molecule is CN=C(NCc1cc2c(cc1OC)CC(C)O2)NCC1CCCOC1c1ccc(C)cc1.I. The predicted octanol–water partition coefficient (Wildman–Crippen LogP) is 4.78. The van der Waals surface area contributed by atoms with Gasteiger partial charge in [0.2, 0.25) is 0 Å². The van der Waals surface area contributed by atoms with Crippen LogP contribution in [0.1, 0.15) is 48.1 Å². The summed E-state index contributed by atoms with van der Waals surface area (Å²) < 4.78 is 17.7. The lowest BCUT2D eigenvalue weighted by Crippen LogP contribution is -2.41. The molecule has 2 aromatic rings. The molecule has 33 heavy (non-hydrogen) atoms. The summed E-state index contributed by atoms with van der Waals surface area (Å²) >= 11 is 0. The Morgan fingerprint density at radius 3 is 2.70 bits per heavy atom. The number of fused-ring (bicyclic) bond motifs is 1. The summed E-state index contributed by atoms with van der Waals surface area (Å²) in [5.74, 6) is 3.01. The van der Waals surface area contributed by atoms with E-state index in [2.05, 4.69) is 65.9 Å². The molecule has 7 heteroatoms. The zero-order valence-electron chi connectivity index (χ0n) is 20.0. The molecular weight excluding hydrogens is 529 g/mol. The second-order valence-corrected chi connectivity index (χ2v) is 8.82. The minimum Gasteiger partial charge on any atom is -0.496 e. The van der Waals surface area contributed by atoms with Crippen LogP contribution in [-0.2, 0) is 17.7 Å². The van der Waals surface area contributed by atoms with Crippen molar-refractivity contribution >= 4 is 29.9 Å². The maximum Gasteiger partial charge on any atom is 0.191 e. The van der Waals surface area contributed by atoms with Crippen LogP contribution >= 0.6 is 24.0 Å². The molecule has 1 fully saturated rings. The number of halogens is 1.